The number of methoxy groups -OCH3 is 1. The van der Waals surface area contributed by atoms with Crippen molar-refractivity contribution < 1.29 is 14.3 Å². The van der Waals surface area contributed by atoms with Gasteiger partial charge in [0.25, 0.3) is 0 Å². The highest BCUT2D eigenvalue weighted by atomic mass is 16.5. The molecule has 2 aromatic rings. The zero-order valence-corrected chi connectivity index (χ0v) is 16.7. The quantitative estimate of drug-likeness (QED) is 0.858. The second-order valence-electron chi connectivity index (χ2n) is 8.16. The Balaban J connectivity index is 1.42. The molecule has 1 saturated heterocycles. The van der Waals surface area contributed by atoms with E-state index in [1.54, 1.807) is 25.7 Å². The molecule has 3 heterocycles. The van der Waals surface area contributed by atoms with Crippen molar-refractivity contribution in [3.05, 3.63) is 36.3 Å². The summed E-state index contributed by atoms with van der Waals surface area (Å²) in [6, 6.07) is 3.96. The van der Waals surface area contributed by atoms with Crippen LogP contribution in [-0.4, -0.2) is 42.2 Å². The molecule has 1 aromatic heterocycles. The number of hydrogen-bond donors (Lipinski definition) is 1. The number of carbonyl (C=O) groups excluding carboxylic acids is 1. The van der Waals surface area contributed by atoms with Crippen LogP contribution in [0.2, 0.25) is 0 Å². The lowest BCUT2D eigenvalue weighted by Crippen LogP contribution is -2.46. The first-order valence-electron chi connectivity index (χ1n) is 10.4. The maximum Gasteiger partial charge on any atom is 0.235 e. The minimum absolute atomic E-state index is 0.0753. The van der Waals surface area contributed by atoms with Crippen molar-refractivity contribution in [2.24, 2.45) is 0 Å². The lowest BCUT2D eigenvalue weighted by atomic mass is 9.73. The summed E-state index contributed by atoms with van der Waals surface area (Å²) in [6.45, 7) is 1.52. The second-order valence-corrected chi connectivity index (χ2v) is 8.16. The van der Waals surface area contributed by atoms with Crippen LogP contribution < -0.4 is 19.7 Å². The standard InChI is InChI=1S/C22H26N4O3/c1-28-18-12-16-17(13-19(18)29-15-4-2-3-5-15)25-21(27)22(16)6-10-26(11-7-22)20-14-23-8-9-24-20/h8-9,12-15H,2-7,10-11H2,1H3,(H,25,27). The summed E-state index contributed by atoms with van der Waals surface area (Å²) in [5, 5.41) is 3.11. The molecule has 1 amide bonds. The van der Waals surface area contributed by atoms with Crippen molar-refractivity contribution in [2.75, 3.05) is 30.4 Å². The Morgan fingerprint density at radius 3 is 2.62 bits per heavy atom. The van der Waals surface area contributed by atoms with Gasteiger partial charge in [-0.1, -0.05) is 0 Å². The Labute approximate surface area is 170 Å². The zero-order chi connectivity index (χ0) is 19.8. The number of fused-ring (bicyclic) bond motifs is 2. The molecule has 2 aliphatic heterocycles. The van der Waals surface area contributed by atoms with E-state index in [0.717, 1.165) is 61.6 Å². The van der Waals surface area contributed by atoms with Gasteiger partial charge in [-0.2, -0.15) is 0 Å². The van der Waals surface area contributed by atoms with Crippen LogP contribution in [-0.2, 0) is 10.2 Å². The molecule has 0 unspecified atom stereocenters. The summed E-state index contributed by atoms with van der Waals surface area (Å²) in [7, 11) is 1.66. The number of amides is 1. The maximum atomic E-state index is 13.1. The molecule has 7 heteroatoms. The number of rotatable bonds is 4. The molecule has 5 rings (SSSR count). The van der Waals surface area contributed by atoms with Crippen LogP contribution in [0.25, 0.3) is 0 Å². The van der Waals surface area contributed by atoms with Crippen LogP contribution in [0.5, 0.6) is 11.5 Å². The highest BCUT2D eigenvalue weighted by molar-refractivity contribution is 6.07. The summed E-state index contributed by atoms with van der Waals surface area (Å²) in [6.07, 6.45) is 11.4. The van der Waals surface area contributed by atoms with Crippen LogP contribution >= 0.6 is 0 Å². The van der Waals surface area contributed by atoms with Gasteiger partial charge >= 0.3 is 0 Å². The van der Waals surface area contributed by atoms with Gasteiger partial charge in [-0.15, -0.1) is 0 Å². The van der Waals surface area contributed by atoms with Crippen molar-refractivity contribution in [2.45, 2.75) is 50.0 Å². The average Bonchev–Trinajstić information content (AvgIpc) is 3.36. The van der Waals surface area contributed by atoms with Gasteiger partial charge in [0.2, 0.25) is 5.91 Å². The zero-order valence-electron chi connectivity index (χ0n) is 16.7. The Kier molecular flexibility index (Phi) is 4.53. The highest BCUT2D eigenvalue weighted by Gasteiger charge is 2.49. The number of aromatic nitrogens is 2. The third-order valence-electron chi connectivity index (χ3n) is 6.59. The van der Waals surface area contributed by atoms with Crippen molar-refractivity contribution >= 4 is 17.4 Å². The fourth-order valence-corrected chi connectivity index (χ4v) is 4.93. The molecule has 1 N–H and O–H groups in total. The van der Waals surface area contributed by atoms with Crippen molar-refractivity contribution in [3.63, 3.8) is 0 Å². The summed E-state index contributed by atoms with van der Waals surface area (Å²) in [5.41, 5.74) is 1.36. The van der Waals surface area contributed by atoms with E-state index in [-0.39, 0.29) is 12.0 Å². The van der Waals surface area contributed by atoms with Crippen molar-refractivity contribution in [3.8, 4) is 11.5 Å². The molecular weight excluding hydrogens is 368 g/mol. The monoisotopic (exact) mass is 394 g/mol. The lowest BCUT2D eigenvalue weighted by molar-refractivity contribution is -0.121. The molecule has 7 nitrogen and oxygen atoms in total. The minimum Gasteiger partial charge on any atom is -0.493 e. The maximum absolute atomic E-state index is 13.1. The van der Waals surface area contributed by atoms with Crippen LogP contribution in [0.3, 0.4) is 0 Å². The highest BCUT2D eigenvalue weighted by Crippen LogP contribution is 2.49. The largest absolute Gasteiger partial charge is 0.493 e. The number of carbonyl (C=O) groups is 1. The molecule has 3 aliphatic rings. The van der Waals surface area contributed by atoms with E-state index in [9.17, 15) is 4.79 Å². The Morgan fingerprint density at radius 1 is 1.14 bits per heavy atom. The van der Waals surface area contributed by atoms with E-state index in [4.69, 9.17) is 9.47 Å². The van der Waals surface area contributed by atoms with E-state index in [2.05, 4.69) is 20.2 Å². The first-order valence-corrected chi connectivity index (χ1v) is 10.4. The number of piperidine rings is 1. The summed E-state index contributed by atoms with van der Waals surface area (Å²) < 4.78 is 11.9. The number of anilines is 2. The first kappa shape index (κ1) is 18.2. The number of nitrogens with zero attached hydrogens (tertiary/aromatic N) is 3. The number of hydrogen-bond acceptors (Lipinski definition) is 6. The fourth-order valence-electron chi connectivity index (χ4n) is 4.93. The third kappa shape index (κ3) is 3.09. The van der Waals surface area contributed by atoms with Gasteiger partial charge in [-0.05, 0) is 50.2 Å². The van der Waals surface area contributed by atoms with Gasteiger partial charge in [-0.3, -0.25) is 9.78 Å². The van der Waals surface area contributed by atoms with Gasteiger partial charge in [-0.25, -0.2) is 4.98 Å². The van der Waals surface area contributed by atoms with E-state index >= 15 is 0 Å². The molecule has 2 fully saturated rings. The molecule has 29 heavy (non-hydrogen) atoms. The number of ether oxygens (including phenoxy) is 2. The topological polar surface area (TPSA) is 76.6 Å². The van der Waals surface area contributed by atoms with Gasteiger partial charge in [0.1, 0.15) is 5.82 Å². The Hall–Kier alpha value is -2.83. The number of nitrogens with one attached hydrogen (secondary N) is 1. The Morgan fingerprint density at radius 2 is 1.93 bits per heavy atom. The van der Waals surface area contributed by atoms with Gasteiger partial charge in [0.05, 0.1) is 24.8 Å². The first-order chi connectivity index (χ1) is 14.2. The van der Waals surface area contributed by atoms with Gasteiger partial charge < -0.3 is 19.7 Å². The molecule has 1 spiro atoms. The molecule has 152 valence electrons. The molecule has 0 radical (unpaired) electrons. The van der Waals surface area contributed by atoms with Crippen molar-refractivity contribution in [1.29, 1.82) is 0 Å². The van der Waals surface area contributed by atoms with E-state index < -0.39 is 5.41 Å². The third-order valence-corrected chi connectivity index (χ3v) is 6.59. The smallest absolute Gasteiger partial charge is 0.235 e. The summed E-state index contributed by atoms with van der Waals surface area (Å²) >= 11 is 0. The average molecular weight is 394 g/mol. The lowest BCUT2D eigenvalue weighted by Gasteiger charge is -2.38. The summed E-state index contributed by atoms with van der Waals surface area (Å²) in [4.78, 5) is 23.8. The van der Waals surface area contributed by atoms with Crippen molar-refractivity contribution in [1.82, 2.24) is 9.97 Å². The molecule has 0 bridgehead atoms. The predicted octanol–water partition coefficient (Wildman–Crippen LogP) is 3.30. The van der Waals surface area contributed by atoms with Crippen LogP contribution in [0.4, 0.5) is 11.5 Å². The fraction of sp³-hybridized carbons (Fsp3) is 0.500. The molecule has 1 aromatic carbocycles. The Bertz CT molecular complexity index is 904. The minimum atomic E-state index is -0.521. The second kappa shape index (κ2) is 7.21. The van der Waals surface area contributed by atoms with E-state index in [1.807, 2.05) is 12.1 Å². The molecule has 0 atom stereocenters. The molecular formula is C22H26N4O3. The van der Waals surface area contributed by atoms with E-state index in [0.29, 0.717) is 5.75 Å². The number of benzene rings is 1. The SMILES string of the molecule is COc1cc2c(cc1OC1CCCC1)NC(=O)C21CCN(c2cnccn2)CC1. The molecule has 1 aliphatic carbocycles. The van der Waals surface area contributed by atoms with Gasteiger partial charge in [0.15, 0.2) is 11.5 Å². The van der Waals surface area contributed by atoms with Crippen LogP contribution in [0, 0.1) is 0 Å². The van der Waals surface area contributed by atoms with Gasteiger partial charge in [0, 0.05) is 37.2 Å². The van der Waals surface area contributed by atoms with Crippen LogP contribution in [0.15, 0.2) is 30.7 Å². The predicted molar refractivity (Wildman–Crippen MR) is 110 cm³/mol. The summed E-state index contributed by atoms with van der Waals surface area (Å²) in [5.74, 6) is 2.38. The van der Waals surface area contributed by atoms with Crippen LogP contribution in [0.1, 0.15) is 44.1 Å². The normalized spacial score (nSPS) is 20.6. The molecule has 1 saturated carbocycles. The van der Waals surface area contributed by atoms with E-state index in [1.165, 1.54) is 12.8 Å².